The van der Waals surface area contributed by atoms with E-state index in [-0.39, 0.29) is 0 Å². The topological polar surface area (TPSA) is 18.5 Å². The molecule has 0 radical (unpaired) electrons. The molecule has 8 aromatic carbocycles. The Kier molecular flexibility index (Phi) is 6.12. The van der Waals surface area contributed by atoms with Gasteiger partial charge in [-0.05, 0) is 113 Å². The van der Waals surface area contributed by atoms with Gasteiger partial charge in [-0.1, -0.05) is 170 Å². The van der Waals surface area contributed by atoms with E-state index in [1.54, 1.807) is 0 Å². The first kappa shape index (κ1) is 31.6. The van der Waals surface area contributed by atoms with Gasteiger partial charge in [0.2, 0.25) is 5.79 Å². The van der Waals surface area contributed by atoms with Crippen LogP contribution in [-0.2, 0) is 26.1 Å². The zero-order valence-corrected chi connectivity index (χ0v) is 31.3. The lowest BCUT2D eigenvalue weighted by Gasteiger charge is -2.34. The van der Waals surface area contributed by atoms with Gasteiger partial charge in [-0.2, -0.15) is 0 Å². The van der Waals surface area contributed by atoms with Crippen molar-refractivity contribution >= 4 is 6.08 Å². The van der Waals surface area contributed by atoms with Gasteiger partial charge >= 0.3 is 0 Å². The quantitative estimate of drug-likeness (QED) is 0.180. The molecule has 8 aromatic rings. The van der Waals surface area contributed by atoms with Crippen LogP contribution in [0.3, 0.4) is 0 Å². The molecule has 2 heteroatoms. The first-order valence-electron chi connectivity index (χ1n) is 20.0. The van der Waals surface area contributed by atoms with Crippen LogP contribution >= 0.6 is 0 Å². The monoisotopic (exact) mass is 728 g/mol. The molecule has 0 aromatic heterocycles. The number of hydrogen-bond donors (Lipinski definition) is 0. The third kappa shape index (κ3) is 3.65. The summed E-state index contributed by atoms with van der Waals surface area (Å²) in [5.74, 6) is -1.10. The second-order valence-corrected chi connectivity index (χ2v) is 16.1. The molecular weight excluding hydrogens is 693 g/mol. The molecule has 0 unspecified atom stereocenters. The summed E-state index contributed by atoms with van der Waals surface area (Å²) in [6.07, 6.45) is 1.96. The van der Waals surface area contributed by atoms with Gasteiger partial charge in [0.25, 0.3) is 0 Å². The standard InChI is InChI=1S/C55H36O2/c1-2-34-23-26-42-44-28-25-36(33-52(44)54(50(42)31-34)48-21-11-5-15-39(48)40-16-6-12-22-49(40)54)55(56-29-30-57-55)35-24-27-43-41-17-7-10-20-47(41)53(51(43)32-35)45-18-8-3-13-37(45)38-14-4-9-19-46(38)53/h2-28,31-33H,1,29-30H2. The molecule has 2 spiro atoms. The van der Waals surface area contributed by atoms with Crippen LogP contribution in [-0.4, -0.2) is 13.2 Å². The maximum absolute atomic E-state index is 6.97. The van der Waals surface area contributed by atoms with Gasteiger partial charge in [0, 0.05) is 11.1 Å². The first-order valence-corrected chi connectivity index (χ1v) is 20.0. The van der Waals surface area contributed by atoms with Crippen LogP contribution in [0.15, 0.2) is 183 Å². The Labute approximate surface area is 332 Å². The molecule has 13 rings (SSSR count). The first-order chi connectivity index (χ1) is 28.2. The fourth-order valence-corrected chi connectivity index (χ4v) is 11.7. The molecule has 5 aliphatic rings. The molecule has 0 saturated carbocycles. The van der Waals surface area contributed by atoms with Gasteiger partial charge in [0.15, 0.2) is 0 Å². The van der Waals surface area contributed by atoms with Crippen LogP contribution in [0.4, 0.5) is 0 Å². The van der Waals surface area contributed by atoms with Gasteiger partial charge in [0.05, 0.1) is 24.0 Å². The van der Waals surface area contributed by atoms with Gasteiger partial charge in [-0.3, -0.25) is 0 Å². The van der Waals surface area contributed by atoms with E-state index in [2.05, 4.69) is 183 Å². The van der Waals surface area contributed by atoms with E-state index >= 15 is 0 Å². The Morgan fingerprint density at radius 1 is 0.351 bits per heavy atom. The molecule has 4 aliphatic carbocycles. The van der Waals surface area contributed by atoms with Crippen molar-refractivity contribution in [2.45, 2.75) is 16.6 Å². The molecule has 2 nitrogen and oxygen atoms in total. The Balaban J connectivity index is 1.07. The number of hydrogen-bond acceptors (Lipinski definition) is 2. The molecule has 268 valence electrons. The maximum Gasteiger partial charge on any atom is 0.222 e. The van der Waals surface area contributed by atoms with Gasteiger partial charge in [0.1, 0.15) is 0 Å². The van der Waals surface area contributed by atoms with Crippen molar-refractivity contribution in [1.82, 2.24) is 0 Å². The predicted molar refractivity (Wildman–Crippen MR) is 228 cm³/mol. The molecule has 0 atom stereocenters. The highest BCUT2D eigenvalue weighted by Gasteiger charge is 2.55. The van der Waals surface area contributed by atoms with Crippen molar-refractivity contribution in [1.29, 1.82) is 0 Å². The predicted octanol–water partition coefficient (Wildman–Crippen LogP) is 12.3. The normalized spacial score (nSPS) is 17.0. The van der Waals surface area contributed by atoms with Gasteiger partial charge in [-0.25, -0.2) is 0 Å². The largest absolute Gasteiger partial charge is 0.340 e. The van der Waals surface area contributed by atoms with Crippen molar-refractivity contribution in [3.8, 4) is 44.5 Å². The van der Waals surface area contributed by atoms with E-state index in [1.165, 1.54) is 89.0 Å². The summed E-state index contributed by atoms with van der Waals surface area (Å²) in [5, 5.41) is 0. The molecule has 1 saturated heterocycles. The minimum atomic E-state index is -1.10. The lowest BCUT2D eigenvalue weighted by Crippen LogP contribution is -2.32. The van der Waals surface area contributed by atoms with E-state index in [0.29, 0.717) is 13.2 Å². The summed E-state index contributed by atoms with van der Waals surface area (Å²) < 4.78 is 13.9. The highest BCUT2D eigenvalue weighted by molar-refractivity contribution is 5.97. The zero-order valence-electron chi connectivity index (χ0n) is 31.3. The van der Waals surface area contributed by atoms with Crippen molar-refractivity contribution in [2.75, 3.05) is 13.2 Å². The number of benzene rings is 8. The van der Waals surface area contributed by atoms with Gasteiger partial charge in [-0.15, -0.1) is 0 Å². The van der Waals surface area contributed by atoms with Crippen LogP contribution in [0.2, 0.25) is 0 Å². The fraction of sp³-hybridized carbons (Fsp3) is 0.0909. The third-order valence-corrected chi connectivity index (χ3v) is 13.8. The Hall–Kier alpha value is -6.58. The number of ether oxygens (including phenoxy) is 2. The second-order valence-electron chi connectivity index (χ2n) is 16.1. The minimum absolute atomic E-state index is 0.460. The number of fused-ring (bicyclic) bond motifs is 20. The van der Waals surface area contributed by atoms with Crippen LogP contribution in [0.25, 0.3) is 50.6 Å². The van der Waals surface area contributed by atoms with Crippen LogP contribution in [0.5, 0.6) is 0 Å². The summed E-state index contributed by atoms with van der Waals surface area (Å²) in [5.41, 5.74) is 22.8. The molecule has 0 N–H and O–H groups in total. The summed E-state index contributed by atoms with van der Waals surface area (Å²) in [6, 6.07) is 65.6. The minimum Gasteiger partial charge on any atom is -0.340 e. The van der Waals surface area contributed by atoms with Crippen molar-refractivity contribution < 1.29 is 9.47 Å². The molecule has 57 heavy (non-hydrogen) atoms. The Morgan fingerprint density at radius 2 is 0.667 bits per heavy atom. The van der Waals surface area contributed by atoms with Crippen molar-refractivity contribution in [3.05, 3.63) is 244 Å². The SMILES string of the molecule is C=Cc1ccc2c(c1)C1(c3ccccc3-c3ccccc31)c1cc(C3(c4ccc5c(c4)C4(c6ccccc6-c6ccccc64)c4ccccc4-5)OCCO3)ccc1-2. The molecule has 1 fully saturated rings. The van der Waals surface area contributed by atoms with E-state index in [1.807, 2.05) is 6.08 Å². The fourth-order valence-electron chi connectivity index (χ4n) is 11.7. The highest BCUT2D eigenvalue weighted by atomic mass is 16.7. The highest BCUT2D eigenvalue weighted by Crippen LogP contribution is 2.65. The van der Waals surface area contributed by atoms with E-state index in [4.69, 9.17) is 9.47 Å². The third-order valence-electron chi connectivity index (χ3n) is 13.8. The summed E-state index contributed by atoms with van der Waals surface area (Å²) in [6.45, 7) is 5.18. The van der Waals surface area contributed by atoms with E-state index < -0.39 is 16.6 Å². The smallest absolute Gasteiger partial charge is 0.222 e. The maximum atomic E-state index is 6.97. The molecular formula is C55H36O2. The Morgan fingerprint density at radius 3 is 1.05 bits per heavy atom. The lowest BCUT2D eigenvalue weighted by atomic mass is 9.69. The molecule has 0 bridgehead atoms. The van der Waals surface area contributed by atoms with Crippen LogP contribution < -0.4 is 0 Å². The summed E-state index contributed by atoms with van der Waals surface area (Å²) in [7, 11) is 0. The summed E-state index contributed by atoms with van der Waals surface area (Å²) in [4.78, 5) is 0. The summed E-state index contributed by atoms with van der Waals surface area (Å²) >= 11 is 0. The lowest BCUT2D eigenvalue weighted by molar-refractivity contribution is -0.130. The molecule has 1 heterocycles. The van der Waals surface area contributed by atoms with Crippen molar-refractivity contribution in [3.63, 3.8) is 0 Å². The molecule has 0 amide bonds. The average molecular weight is 729 g/mol. The van der Waals surface area contributed by atoms with E-state index in [9.17, 15) is 0 Å². The second kappa shape index (κ2) is 11.0. The average Bonchev–Trinajstić information content (AvgIpc) is 4.08. The number of rotatable bonds is 3. The van der Waals surface area contributed by atoms with E-state index in [0.717, 1.165) is 16.7 Å². The van der Waals surface area contributed by atoms with Crippen LogP contribution in [0.1, 0.15) is 61.2 Å². The van der Waals surface area contributed by atoms with Crippen molar-refractivity contribution in [2.24, 2.45) is 0 Å². The van der Waals surface area contributed by atoms with Crippen LogP contribution in [0, 0.1) is 0 Å². The Bertz CT molecular complexity index is 2960. The van der Waals surface area contributed by atoms with Gasteiger partial charge < -0.3 is 9.47 Å². The molecule has 1 aliphatic heterocycles. The zero-order chi connectivity index (χ0) is 37.5.